The van der Waals surface area contributed by atoms with E-state index in [9.17, 15) is 9.90 Å². The molecule has 102 valence electrons. The van der Waals surface area contributed by atoms with Gasteiger partial charge in [0.05, 0.1) is 6.10 Å². The van der Waals surface area contributed by atoms with Gasteiger partial charge < -0.3 is 10.4 Å². The fourth-order valence-corrected chi connectivity index (χ4v) is 1.59. The Kier molecular flexibility index (Phi) is 6.17. The van der Waals surface area contributed by atoms with Crippen LogP contribution in [0.15, 0.2) is 0 Å². The highest BCUT2D eigenvalue weighted by molar-refractivity contribution is 5.75. The van der Waals surface area contributed by atoms with Crippen molar-refractivity contribution in [1.82, 2.24) is 5.32 Å². The molecule has 2 N–H and O–H groups in total. The second-order valence-electron chi connectivity index (χ2n) is 7.28. The van der Waals surface area contributed by atoms with Gasteiger partial charge in [0, 0.05) is 13.0 Å². The molecule has 0 aromatic rings. The average Bonchev–Trinajstić information content (AvgIpc) is 2.07. The number of hydrogen-bond acceptors (Lipinski definition) is 2. The normalized spacial score (nSPS) is 14.5. The molecule has 1 atom stereocenters. The van der Waals surface area contributed by atoms with E-state index in [1.54, 1.807) is 0 Å². The Balaban J connectivity index is 3.78. The van der Waals surface area contributed by atoms with Crippen molar-refractivity contribution in [2.24, 2.45) is 10.8 Å². The highest BCUT2D eigenvalue weighted by atomic mass is 16.3. The zero-order valence-corrected chi connectivity index (χ0v) is 12.3. The van der Waals surface area contributed by atoms with Crippen LogP contribution in [-0.4, -0.2) is 23.7 Å². The molecule has 0 rings (SSSR count). The molecule has 0 radical (unpaired) electrons. The van der Waals surface area contributed by atoms with Gasteiger partial charge in [-0.2, -0.15) is 0 Å². The first-order chi connectivity index (χ1) is 7.49. The SMILES string of the molecule is CC(C)(C)CCC(=O)NCC(O)CC(C)(C)C. The van der Waals surface area contributed by atoms with Gasteiger partial charge in [0.1, 0.15) is 0 Å². The van der Waals surface area contributed by atoms with Gasteiger partial charge >= 0.3 is 0 Å². The largest absolute Gasteiger partial charge is 0.391 e. The van der Waals surface area contributed by atoms with E-state index in [1.807, 2.05) is 0 Å². The number of amides is 1. The second-order valence-corrected chi connectivity index (χ2v) is 7.28. The number of hydrogen-bond donors (Lipinski definition) is 2. The topological polar surface area (TPSA) is 49.3 Å². The summed E-state index contributed by atoms with van der Waals surface area (Å²) < 4.78 is 0. The summed E-state index contributed by atoms with van der Waals surface area (Å²) in [5.41, 5.74) is 0.275. The van der Waals surface area contributed by atoms with Gasteiger partial charge in [0.25, 0.3) is 0 Å². The maximum Gasteiger partial charge on any atom is 0.220 e. The fourth-order valence-electron chi connectivity index (χ4n) is 1.59. The van der Waals surface area contributed by atoms with E-state index in [0.29, 0.717) is 19.4 Å². The Labute approximate surface area is 106 Å². The predicted molar refractivity (Wildman–Crippen MR) is 71.8 cm³/mol. The Hall–Kier alpha value is -0.570. The number of rotatable bonds is 5. The number of carbonyl (C=O) groups is 1. The van der Waals surface area contributed by atoms with Crippen LogP contribution in [0.5, 0.6) is 0 Å². The van der Waals surface area contributed by atoms with E-state index >= 15 is 0 Å². The summed E-state index contributed by atoms with van der Waals surface area (Å²) in [7, 11) is 0. The van der Waals surface area contributed by atoms with Crippen molar-refractivity contribution in [3.05, 3.63) is 0 Å². The van der Waals surface area contributed by atoms with Crippen LogP contribution in [0.2, 0.25) is 0 Å². The Morgan fingerprint density at radius 3 is 2.06 bits per heavy atom. The van der Waals surface area contributed by atoms with Crippen molar-refractivity contribution in [2.75, 3.05) is 6.54 Å². The van der Waals surface area contributed by atoms with Crippen LogP contribution in [0.3, 0.4) is 0 Å². The van der Waals surface area contributed by atoms with Crippen LogP contribution < -0.4 is 5.32 Å². The summed E-state index contributed by atoms with van der Waals surface area (Å²) in [5, 5.41) is 12.5. The molecule has 3 heteroatoms. The van der Waals surface area contributed by atoms with Crippen LogP contribution >= 0.6 is 0 Å². The zero-order valence-electron chi connectivity index (χ0n) is 12.3. The molecule has 17 heavy (non-hydrogen) atoms. The average molecular weight is 243 g/mol. The van der Waals surface area contributed by atoms with Gasteiger partial charge in [-0.15, -0.1) is 0 Å². The van der Waals surface area contributed by atoms with E-state index in [-0.39, 0.29) is 16.7 Å². The van der Waals surface area contributed by atoms with Gasteiger partial charge in [-0.05, 0) is 23.7 Å². The molecule has 0 heterocycles. The van der Waals surface area contributed by atoms with Crippen LogP contribution in [0.1, 0.15) is 60.8 Å². The Morgan fingerprint density at radius 2 is 1.65 bits per heavy atom. The third-order valence-electron chi connectivity index (χ3n) is 2.48. The summed E-state index contributed by atoms with van der Waals surface area (Å²) in [5.74, 6) is 0.0351. The molecule has 0 saturated heterocycles. The molecule has 0 fully saturated rings. The summed E-state index contributed by atoms with van der Waals surface area (Å²) in [6.07, 6.45) is 1.65. The Morgan fingerprint density at radius 1 is 1.12 bits per heavy atom. The molecule has 0 aliphatic carbocycles. The molecule has 3 nitrogen and oxygen atoms in total. The lowest BCUT2D eigenvalue weighted by Crippen LogP contribution is -2.34. The van der Waals surface area contributed by atoms with Crippen molar-refractivity contribution in [2.45, 2.75) is 66.9 Å². The molecule has 0 saturated carbocycles. The first kappa shape index (κ1) is 16.4. The minimum Gasteiger partial charge on any atom is -0.391 e. The minimum absolute atomic E-state index is 0.0351. The molecular weight excluding hydrogens is 214 g/mol. The third-order valence-corrected chi connectivity index (χ3v) is 2.48. The standard InChI is InChI=1S/C14H29NO2/c1-13(2,3)8-7-12(17)15-10-11(16)9-14(4,5)6/h11,16H,7-10H2,1-6H3,(H,15,17). The number of aliphatic hydroxyl groups is 1. The van der Waals surface area contributed by atoms with Crippen molar-refractivity contribution in [1.29, 1.82) is 0 Å². The van der Waals surface area contributed by atoms with Gasteiger partial charge in [-0.25, -0.2) is 0 Å². The van der Waals surface area contributed by atoms with Crippen LogP contribution in [0.4, 0.5) is 0 Å². The lowest BCUT2D eigenvalue weighted by atomic mass is 9.89. The van der Waals surface area contributed by atoms with E-state index < -0.39 is 6.10 Å². The summed E-state index contributed by atoms with van der Waals surface area (Å²) in [6, 6.07) is 0. The fraction of sp³-hybridized carbons (Fsp3) is 0.929. The van der Waals surface area contributed by atoms with Gasteiger partial charge in [0.15, 0.2) is 0 Å². The quantitative estimate of drug-likeness (QED) is 0.780. The van der Waals surface area contributed by atoms with E-state index in [4.69, 9.17) is 0 Å². The van der Waals surface area contributed by atoms with Crippen molar-refractivity contribution >= 4 is 5.91 Å². The van der Waals surface area contributed by atoms with Gasteiger partial charge in [-0.1, -0.05) is 41.5 Å². The van der Waals surface area contributed by atoms with E-state index in [0.717, 1.165) is 6.42 Å². The molecule has 0 bridgehead atoms. The van der Waals surface area contributed by atoms with Crippen LogP contribution in [0, 0.1) is 10.8 Å². The van der Waals surface area contributed by atoms with Gasteiger partial charge in [-0.3, -0.25) is 4.79 Å². The molecule has 1 amide bonds. The van der Waals surface area contributed by atoms with Crippen molar-refractivity contribution < 1.29 is 9.90 Å². The van der Waals surface area contributed by atoms with E-state index in [2.05, 4.69) is 46.9 Å². The Bertz CT molecular complexity index is 236. The maximum atomic E-state index is 11.5. The monoisotopic (exact) mass is 243 g/mol. The third kappa shape index (κ3) is 11.7. The number of nitrogens with one attached hydrogen (secondary N) is 1. The van der Waals surface area contributed by atoms with Crippen LogP contribution in [-0.2, 0) is 4.79 Å². The zero-order chi connectivity index (χ0) is 13.7. The van der Waals surface area contributed by atoms with E-state index in [1.165, 1.54) is 0 Å². The maximum absolute atomic E-state index is 11.5. The van der Waals surface area contributed by atoms with Crippen molar-refractivity contribution in [3.8, 4) is 0 Å². The molecule has 0 spiro atoms. The molecule has 1 unspecified atom stereocenters. The molecule has 0 aliphatic heterocycles. The summed E-state index contributed by atoms with van der Waals surface area (Å²) in [4.78, 5) is 11.5. The molecule has 0 aromatic carbocycles. The minimum atomic E-state index is -0.450. The summed E-state index contributed by atoms with van der Waals surface area (Å²) >= 11 is 0. The molecule has 0 aliphatic rings. The highest BCUT2D eigenvalue weighted by Gasteiger charge is 2.18. The van der Waals surface area contributed by atoms with Gasteiger partial charge in [0.2, 0.25) is 5.91 Å². The van der Waals surface area contributed by atoms with Crippen molar-refractivity contribution in [3.63, 3.8) is 0 Å². The number of carbonyl (C=O) groups excluding carboxylic acids is 1. The first-order valence-corrected chi connectivity index (χ1v) is 6.44. The predicted octanol–water partition coefficient (Wildman–Crippen LogP) is 2.73. The highest BCUT2D eigenvalue weighted by Crippen LogP contribution is 2.21. The summed E-state index contributed by atoms with van der Waals surface area (Å²) in [6.45, 7) is 13.0. The smallest absolute Gasteiger partial charge is 0.220 e. The number of aliphatic hydroxyl groups excluding tert-OH is 1. The van der Waals surface area contributed by atoms with Crippen LogP contribution in [0.25, 0.3) is 0 Å². The molecule has 0 aromatic heterocycles. The lowest BCUT2D eigenvalue weighted by Gasteiger charge is -2.23. The molecular formula is C14H29NO2. The second kappa shape index (κ2) is 6.39. The first-order valence-electron chi connectivity index (χ1n) is 6.44. The lowest BCUT2D eigenvalue weighted by molar-refractivity contribution is -0.122.